The lowest BCUT2D eigenvalue weighted by Crippen LogP contribution is -2.38. The average molecular weight is 182 g/mol. The van der Waals surface area contributed by atoms with Crippen LogP contribution in [-0.2, 0) is 0 Å². The molecule has 0 aromatic carbocycles. The van der Waals surface area contributed by atoms with Gasteiger partial charge in [-0.15, -0.1) is 0 Å². The highest BCUT2D eigenvalue weighted by Crippen LogP contribution is 2.35. The molecule has 0 radical (unpaired) electrons. The van der Waals surface area contributed by atoms with Crippen molar-refractivity contribution in [2.75, 3.05) is 19.6 Å². The van der Waals surface area contributed by atoms with Gasteiger partial charge in [0.15, 0.2) is 0 Å². The molecule has 1 aliphatic heterocycles. The molecule has 0 aromatic heterocycles. The summed E-state index contributed by atoms with van der Waals surface area (Å²) in [5.74, 6) is 1.75. The summed E-state index contributed by atoms with van der Waals surface area (Å²) in [5.41, 5.74) is 6.15. The molecule has 13 heavy (non-hydrogen) atoms. The molecule has 1 heterocycles. The van der Waals surface area contributed by atoms with Gasteiger partial charge in [-0.1, -0.05) is 13.3 Å². The molecule has 2 aliphatic rings. The van der Waals surface area contributed by atoms with Crippen LogP contribution in [0.5, 0.6) is 0 Å². The van der Waals surface area contributed by atoms with Gasteiger partial charge in [0, 0.05) is 19.1 Å². The molecule has 1 aliphatic carbocycles. The summed E-state index contributed by atoms with van der Waals surface area (Å²) in [4.78, 5) is 2.61. The number of hydrogen-bond acceptors (Lipinski definition) is 2. The van der Waals surface area contributed by atoms with E-state index in [-0.39, 0.29) is 0 Å². The standard InChI is InChI=1S/C11H22N2/c1-2-6-13-7-9-4-3-5-11(12)10(9)8-13/h9-11H,2-8,12H2,1H3. The van der Waals surface area contributed by atoms with Crippen molar-refractivity contribution in [3.8, 4) is 0 Å². The molecule has 1 saturated heterocycles. The van der Waals surface area contributed by atoms with Gasteiger partial charge >= 0.3 is 0 Å². The summed E-state index contributed by atoms with van der Waals surface area (Å²) in [7, 11) is 0. The lowest BCUT2D eigenvalue weighted by molar-refractivity contribution is 0.259. The molecule has 2 fully saturated rings. The van der Waals surface area contributed by atoms with Crippen LogP contribution in [0.3, 0.4) is 0 Å². The van der Waals surface area contributed by atoms with Crippen molar-refractivity contribution in [1.82, 2.24) is 4.90 Å². The van der Waals surface area contributed by atoms with Gasteiger partial charge in [-0.3, -0.25) is 0 Å². The van der Waals surface area contributed by atoms with Crippen LogP contribution in [0.25, 0.3) is 0 Å². The zero-order valence-electron chi connectivity index (χ0n) is 8.71. The van der Waals surface area contributed by atoms with E-state index >= 15 is 0 Å². The fourth-order valence-electron chi connectivity index (χ4n) is 3.11. The summed E-state index contributed by atoms with van der Waals surface area (Å²) < 4.78 is 0. The number of rotatable bonds is 2. The summed E-state index contributed by atoms with van der Waals surface area (Å²) in [6.07, 6.45) is 5.34. The van der Waals surface area contributed by atoms with Crippen molar-refractivity contribution >= 4 is 0 Å². The maximum atomic E-state index is 6.15. The zero-order chi connectivity index (χ0) is 9.26. The maximum absolute atomic E-state index is 6.15. The Morgan fingerprint density at radius 2 is 2.15 bits per heavy atom. The summed E-state index contributed by atoms with van der Waals surface area (Å²) in [5, 5.41) is 0. The second-order valence-corrected chi connectivity index (χ2v) is 4.78. The number of nitrogens with zero attached hydrogens (tertiary/aromatic N) is 1. The van der Waals surface area contributed by atoms with Gasteiger partial charge in [-0.2, -0.15) is 0 Å². The molecule has 0 bridgehead atoms. The van der Waals surface area contributed by atoms with E-state index in [0.717, 1.165) is 11.8 Å². The quantitative estimate of drug-likeness (QED) is 0.700. The highest BCUT2D eigenvalue weighted by molar-refractivity contribution is 4.92. The van der Waals surface area contributed by atoms with Crippen LogP contribution in [0.15, 0.2) is 0 Å². The molecule has 3 atom stereocenters. The van der Waals surface area contributed by atoms with E-state index in [0.29, 0.717) is 6.04 Å². The van der Waals surface area contributed by atoms with E-state index in [1.807, 2.05) is 0 Å². The monoisotopic (exact) mass is 182 g/mol. The van der Waals surface area contributed by atoms with Gasteiger partial charge in [-0.25, -0.2) is 0 Å². The van der Waals surface area contributed by atoms with E-state index in [2.05, 4.69) is 11.8 Å². The maximum Gasteiger partial charge on any atom is 0.00825 e. The van der Waals surface area contributed by atoms with Crippen molar-refractivity contribution < 1.29 is 0 Å². The van der Waals surface area contributed by atoms with Crippen molar-refractivity contribution in [3.63, 3.8) is 0 Å². The van der Waals surface area contributed by atoms with Crippen molar-refractivity contribution in [3.05, 3.63) is 0 Å². The SMILES string of the molecule is CCCN1CC2CCCC(N)C2C1. The largest absolute Gasteiger partial charge is 0.327 e. The third-order valence-corrected chi connectivity index (χ3v) is 3.77. The first-order valence-electron chi connectivity index (χ1n) is 5.79. The third-order valence-electron chi connectivity index (χ3n) is 3.77. The molecule has 0 amide bonds. The highest BCUT2D eigenvalue weighted by atomic mass is 15.2. The number of fused-ring (bicyclic) bond motifs is 1. The van der Waals surface area contributed by atoms with Gasteiger partial charge < -0.3 is 10.6 Å². The fourth-order valence-corrected chi connectivity index (χ4v) is 3.11. The molecule has 0 spiro atoms. The van der Waals surface area contributed by atoms with Gasteiger partial charge in [0.05, 0.1) is 0 Å². The zero-order valence-corrected chi connectivity index (χ0v) is 8.71. The molecule has 76 valence electrons. The van der Waals surface area contributed by atoms with E-state index < -0.39 is 0 Å². The minimum Gasteiger partial charge on any atom is -0.327 e. The third kappa shape index (κ3) is 1.89. The second-order valence-electron chi connectivity index (χ2n) is 4.78. The Bertz CT molecular complexity index is 169. The van der Waals surface area contributed by atoms with E-state index in [9.17, 15) is 0 Å². The molecule has 3 unspecified atom stereocenters. The second kappa shape index (κ2) is 3.97. The van der Waals surface area contributed by atoms with Crippen molar-refractivity contribution in [2.24, 2.45) is 17.6 Å². The van der Waals surface area contributed by atoms with Gasteiger partial charge in [0.25, 0.3) is 0 Å². The van der Waals surface area contributed by atoms with Crippen LogP contribution in [0.1, 0.15) is 32.6 Å². The predicted octanol–water partition coefficient (Wildman–Crippen LogP) is 1.46. The number of nitrogens with two attached hydrogens (primary N) is 1. The fraction of sp³-hybridized carbons (Fsp3) is 1.00. The average Bonchev–Trinajstić information content (AvgIpc) is 2.49. The molecular formula is C11H22N2. The van der Waals surface area contributed by atoms with Crippen LogP contribution in [0, 0.1) is 11.8 Å². The lowest BCUT2D eigenvalue weighted by atomic mass is 9.78. The highest BCUT2D eigenvalue weighted by Gasteiger charge is 2.37. The summed E-state index contributed by atoms with van der Waals surface area (Å²) in [6, 6.07) is 0.501. The Hall–Kier alpha value is -0.0800. The molecule has 2 heteroatoms. The molecular weight excluding hydrogens is 160 g/mol. The topological polar surface area (TPSA) is 29.3 Å². The summed E-state index contributed by atoms with van der Waals surface area (Å²) >= 11 is 0. The van der Waals surface area contributed by atoms with Crippen LogP contribution in [-0.4, -0.2) is 30.6 Å². The van der Waals surface area contributed by atoms with Crippen LogP contribution in [0.2, 0.25) is 0 Å². The first-order valence-corrected chi connectivity index (χ1v) is 5.79. The normalized spacial score (nSPS) is 40.6. The molecule has 1 saturated carbocycles. The van der Waals surface area contributed by atoms with Gasteiger partial charge in [-0.05, 0) is 37.6 Å². The predicted molar refractivity (Wildman–Crippen MR) is 55.5 cm³/mol. The molecule has 0 aromatic rings. The van der Waals surface area contributed by atoms with Gasteiger partial charge in [0.1, 0.15) is 0 Å². The Morgan fingerprint density at radius 3 is 2.85 bits per heavy atom. The summed E-state index contributed by atoms with van der Waals surface area (Å²) in [6.45, 7) is 6.15. The first kappa shape index (κ1) is 9.47. The minimum atomic E-state index is 0.501. The van der Waals surface area contributed by atoms with Crippen LogP contribution in [0.4, 0.5) is 0 Å². The Balaban J connectivity index is 1.92. The van der Waals surface area contributed by atoms with E-state index in [1.165, 1.54) is 45.3 Å². The van der Waals surface area contributed by atoms with E-state index in [4.69, 9.17) is 5.73 Å². The Kier molecular flexibility index (Phi) is 2.89. The molecule has 2 rings (SSSR count). The Morgan fingerprint density at radius 1 is 1.31 bits per heavy atom. The van der Waals surface area contributed by atoms with Crippen molar-refractivity contribution in [1.29, 1.82) is 0 Å². The lowest BCUT2D eigenvalue weighted by Gasteiger charge is -2.29. The van der Waals surface area contributed by atoms with E-state index in [1.54, 1.807) is 0 Å². The minimum absolute atomic E-state index is 0.501. The smallest absolute Gasteiger partial charge is 0.00825 e. The van der Waals surface area contributed by atoms with Crippen LogP contribution >= 0.6 is 0 Å². The Labute approximate surface area is 81.5 Å². The first-order chi connectivity index (χ1) is 6.31. The molecule has 2 nitrogen and oxygen atoms in total. The number of hydrogen-bond donors (Lipinski definition) is 1. The van der Waals surface area contributed by atoms with Crippen molar-refractivity contribution in [2.45, 2.75) is 38.6 Å². The van der Waals surface area contributed by atoms with Gasteiger partial charge in [0.2, 0.25) is 0 Å². The number of likely N-dealkylation sites (tertiary alicyclic amines) is 1. The van der Waals surface area contributed by atoms with Crippen LogP contribution < -0.4 is 5.73 Å². The molecule has 2 N–H and O–H groups in total.